The van der Waals surface area contributed by atoms with Crippen molar-refractivity contribution in [2.75, 3.05) is 6.54 Å². The predicted octanol–water partition coefficient (Wildman–Crippen LogP) is 2.01. The van der Waals surface area contributed by atoms with Crippen LogP contribution >= 0.6 is 27.3 Å². The summed E-state index contributed by atoms with van der Waals surface area (Å²) in [6.45, 7) is 0.743. The summed E-state index contributed by atoms with van der Waals surface area (Å²) in [4.78, 5) is 1.35. The highest BCUT2D eigenvalue weighted by atomic mass is 79.9. The molecule has 9 heavy (non-hydrogen) atoms. The standard InChI is InChI=1S/C6H8BrNS/c7-6-2-1-5(9-6)3-4-8/h1-2H,3-4,8H2. The van der Waals surface area contributed by atoms with Crippen molar-refractivity contribution in [2.45, 2.75) is 6.42 Å². The Balaban J connectivity index is 2.61. The smallest absolute Gasteiger partial charge is 0.0701 e. The molecule has 3 heteroatoms. The van der Waals surface area contributed by atoms with Crippen molar-refractivity contribution in [3.8, 4) is 0 Å². The van der Waals surface area contributed by atoms with E-state index in [-0.39, 0.29) is 0 Å². The average Bonchev–Trinajstić information content (AvgIpc) is 2.17. The van der Waals surface area contributed by atoms with Gasteiger partial charge in [0.2, 0.25) is 0 Å². The molecule has 0 bridgehead atoms. The van der Waals surface area contributed by atoms with E-state index in [4.69, 9.17) is 5.73 Å². The van der Waals surface area contributed by atoms with Crippen LogP contribution in [0.3, 0.4) is 0 Å². The quantitative estimate of drug-likeness (QED) is 0.786. The molecule has 1 nitrogen and oxygen atoms in total. The molecular formula is C6H8BrNS. The van der Waals surface area contributed by atoms with Crippen LogP contribution in [0.25, 0.3) is 0 Å². The third-order valence-electron chi connectivity index (χ3n) is 1.02. The van der Waals surface area contributed by atoms with Crippen molar-refractivity contribution < 1.29 is 0 Å². The highest BCUT2D eigenvalue weighted by Crippen LogP contribution is 2.21. The van der Waals surface area contributed by atoms with Crippen LogP contribution in [0.5, 0.6) is 0 Å². The maximum absolute atomic E-state index is 5.36. The molecule has 0 aliphatic heterocycles. The summed E-state index contributed by atoms with van der Waals surface area (Å²) in [5, 5.41) is 0. The Morgan fingerprint density at radius 1 is 1.56 bits per heavy atom. The first-order valence-corrected chi connectivity index (χ1v) is 4.38. The molecule has 0 aliphatic carbocycles. The Hall–Kier alpha value is 0.140. The summed E-state index contributed by atoms with van der Waals surface area (Å²) < 4.78 is 1.19. The molecule has 0 unspecified atom stereocenters. The molecule has 0 spiro atoms. The lowest BCUT2D eigenvalue weighted by Gasteiger charge is -1.86. The summed E-state index contributed by atoms with van der Waals surface area (Å²) in [5.74, 6) is 0. The lowest BCUT2D eigenvalue weighted by atomic mass is 10.3. The predicted molar refractivity (Wildman–Crippen MR) is 44.8 cm³/mol. The van der Waals surface area contributed by atoms with Gasteiger partial charge < -0.3 is 5.73 Å². The van der Waals surface area contributed by atoms with Gasteiger partial charge in [0, 0.05) is 4.88 Å². The van der Waals surface area contributed by atoms with E-state index < -0.39 is 0 Å². The fraction of sp³-hybridized carbons (Fsp3) is 0.333. The minimum Gasteiger partial charge on any atom is -0.330 e. The highest BCUT2D eigenvalue weighted by molar-refractivity contribution is 9.11. The maximum Gasteiger partial charge on any atom is 0.0701 e. The van der Waals surface area contributed by atoms with Crippen LogP contribution in [0.15, 0.2) is 15.9 Å². The van der Waals surface area contributed by atoms with E-state index >= 15 is 0 Å². The number of thiophene rings is 1. The van der Waals surface area contributed by atoms with Crippen LogP contribution in [0, 0.1) is 0 Å². The Kier molecular flexibility index (Phi) is 2.69. The molecular weight excluding hydrogens is 198 g/mol. The fourth-order valence-electron chi connectivity index (χ4n) is 0.628. The fourth-order valence-corrected chi connectivity index (χ4v) is 2.13. The molecule has 0 saturated heterocycles. The van der Waals surface area contributed by atoms with E-state index in [1.165, 1.54) is 8.66 Å². The first kappa shape index (κ1) is 7.25. The minimum absolute atomic E-state index is 0.743. The van der Waals surface area contributed by atoms with Crippen LogP contribution in [0.1, 0.15) is 4.88 Å². The van der Waals surface area contributed by atoms with Gasteiger partial charge in [-0.15, -0.1) is 11.3 Å². The van der Waals surface area contributed by atoms with Crippen molar-refractivity contribution in [2.24, 2.45) is 5.73 Å². The SMILES string of the molecule is NCCc1ccc(Br)s1. The number of rotatable bonds is 2. The largest absolute Gasteiger partial charge is 0.330 e. The second-order valence-electron chi connectivity index (χ2n) is 1.74. The highest BCUT2D eigenvalue weighted by Gasteiger charge is 1.93. The molecule has 1 heterocycles. The zero-order chi connectivity index (χ0) is 6.69. The normalized spacial score (nSPS) is 10.0. The molecule has 0 amide bonds. The van der Waals surface area contributed by atoms with Crippen molar-refractivity contribution >= 4 is 27.3 Å². The molecule has 2 N–H and O–H groups in total. The van der Waals surface area contributed by atoms with Gasteiger partial charge in [0.15, 0.2) is 0 Å². The molecule has 1 aromatic heterocycles. The van der Waals surface area contributed by atoms with Gasteiger partial charge >= 0.3 is 0 Å². The molecule has 0 radical (unpaired) electrons. The minimum atomic E-state index is 0.743. The van der Waals surface area contributed by atoms with Crippen molar-refractivity contribution in [1.82, 2.24) is 0 Å². The first-order chi connectivity index (χ1) is 4.33. The third kappa shape index (κ3) is 2.08. The van der Waals surface area contributed by atoms with E-state index in [1.807, 2.05) is 0 Å². The van der Waals surface area contributed by atoms with Gasteiger partial charge in [-0.3, -0.25) is 0 Å². The molecule has 1 aromatic rings. The van der Waals surface area contributed by atoms with E-state index in [9.17, 15) is 0 Å². The molecule has 0 saturated carbocycles. The number of hydrogen-bond acceptors (Lipinski definition) is 2. The zero-order valence-corrected chi connectivity index (χ0v) is 7.33. The van der Waals surface area contributed by atoms with Gasteiger partial charge in [-0.25, -0.2) is 0 Å². The van der Waals surface area contributed by atoms with Crippen LogP contribution in [-0.2, 0) is 6.42 Å². The van der Waals surface area contributed by atoms with Gasteiger partial charge in [-0.1, -0.05) is 0 Å². The van der Waals surface area contributed by atoms with Crippen LogP contribution in [-0.4, -0.2) is 6.54 Å². The van der Waals surface area contributed by atoms with Gasteiger partial charge in [0.1, 0.15) is 0 Å². The van der Waals surface area contributed by atoms with Gasteiger partial charge in [0.05, 0.1) is 3.79 Å². The van der Waals surface area contributed by atoms with Crippen LogP contribution in [0.2, 0.25) is 0 Å². The third-order valence-corrected chi connectivity index (χ3v) is 2.70. The Morgan fingerprint density at radius 3 is 2.78 bits per heavy atom. The van der Waals surface area contributed by atoms with Crippen LogP contribution in [0.4, 0.5) is 0 Å². The Labute approximate surface area is 67.0 Å². The van der Waals surface area contributed by atoms with E-state index in [2.05, 4.69) is 28.1 Å². The summed E-state index contributed by atoms with van der Waals surface area (Å²) >= 11 is 5.13. The second-order valence-corrected chi connectivity index (χ2v) is 4.29. The summed E-state index contributed by atoms with van der Waals surface area (Å²) in [6, 6.07) is 4.15. The van der Waals surface area contributed by atoms with E-state index in [0.717, 1.165) is 13.0 Å². The first-order valence-electron chi connectivity index (χ1n) is 2.77. The zero-order valence-electron chi connectivity index (χ0n) is 4.93. The van der Waals surface area contributed by atoms with Crippen molar-refractivity contribution in [3.63, 3.8) is 0 Å². The van der Waals surface area contributed by atoms with Gasteiger partial charge in [0.25, 0.3) is 0 Å². The molecule has 1 rings (SSSR count). The van der Waals surface area contributed by atoms with Crippen molar-refractivity contribution in [1.29, 1.82) is 0 Å². The van der Waals surface area contributed by atoms with Gasteiger partial charge in [-0.2, -0.15) is 0 Å². The van der Waals surface area contributed by atoms with E-state index in [0.29, 0.717) is 0 Å². The molecule has 0 aliphatic rings. The molecule has 0 aromatic carbocycles. The van der Waals surface area contributed by atoms with Crippen LogP contribution < -0.4 is 5.73 Å². The van der Waals surface area contributed by atoms with Crippen molar-refractivity contribution in [3.05, 3.63) is 20.8 Å². The number of hydrogen-bond donors (Lipinski definition) is 1. The van der Waals surface area contributed by atoms with E-state index in [1.54, 1.807) is 11.3 Å². The lowest BCUT2D eigenvalue weighted by Crippen LogP contribution is -2.00. The summed E-state index contributed by atoms with van der Waals surface area (Å²) in [6.07, 6.45) is 0.996. The monoisotopic (exact) mass is 205 g/mol. The second kappa shape index (κ2) is 3.34. The number of nitrogens with two attached hydrogens (primary N) is 1. The molecule has 0 fully saturated rings. The topological polar surface area (TPSA) is 26.0 Å². The Morgan fingerprint density at radius 2 is 2.33 bits per heavy atom. The number of halogens is 1. The molecule has 50 valence electrons. The Bertz CT molecular complexity index is 185. The summed E-state index contributed by atoms with van der Waals surface area (Å²) in [7, 11) is 0. The molecule has 0 atom stereocenters. The van der Waals surface area contributed by atoms with Gasteiger partial charge in [-0.05, 0) is 41.0 Å². The maximum atomic E-state index is 5.36. The lowest BCUT2D eigenvalue weighted by molar-refractivity contribution is 0.989. The summed E-state index contributed by atoms with van der Waals surface area (Å²) in [5.41, 5.74) is 5.36. The average molecular weight is 206 g/mol.